The summed E-state index contributed by atoms with van der Waals surface area (Å²) in [6.45, 7) is 7.72. The molecule has 98 valence electrons. The Hall–Kier alpha value is -1.35. The van der Waals surface area contributed by atoms with Crippen LogP contribution in [0.5, 0.6) is 0 Å². The fourth-order valence-corrected chi connectivity index (χ4v) is 2.21. The lowest BCUT2D eigenvalue weighted by molar-refractivity contribution is 0.104. The summed E-state index contributed by atoms with van der Waals surface area (Å²) >= 11 is 0. The van der Waals surface area contributed by atoms with Crippen LogP contribution >= 0.6 is 0 Å². The van der Waals surface area contributed by atoms with Crippen LogP contribution in [0.3, 0.4) is 0 Å². The maximum absolute atomic E-state index is 8.12. The maximum Gasteiger partial charge on any atom is 0.128 e. The van der Waals surface area contributed by atoms with Crippen molar-refractivity contribution < 1.29 is 4.74 Å². The highest BCUT2D eigenvalue weighted by Gasteiger charge is 2.22. The lowest BCUT2D eigenvalue weighted by Crippen LogP contribution is -2.26. The zero-order chi connectivity index (χ0) is 13.0. The number of nitrogens with zero attached hydrogens (tertiary/aromatic N) is 1. The average molecular weight is 246 g/mol. The van der Waals surface area contributed by atoms with Gasteiger partial charge in [-0.1, -0.05) is 38.1 Å². The summed E-state index contributed by atoms with van der Waals surface area (Å²) < 4.78 is 5.57. The van der Waals surface area contributed by atoms with E-state index in [0.29, 0.717) is 11.8 Å². The van der Waals surface area contributed by atoms with Crippen molar-refractivity contribution in [2.75, 3.05) is 19.8 Å². The highest BCUT2D eigenvalue weighted by molar-refractivity contribution is 6.00. The van der Waals surface area contributed by atoms with Crippen LogP contribution in [0.2, 0.25) is 0 Å². The van der Waals surface area contributed by atoms with E-state index < -0.39 is 0 Å². The second-order valence-corrected chi connectivity index (χ2v) is 5.25. The van der Waals surface area contributed by atoms with Gasteiger partial charge >= 0.3 is 0 Å². The fraction of sp³-hybridized carbons (Fsp3) is 0.533. The summed E-state index contributed by atoms with van der Waals surface area (Å²) in [7, 11) is 0. The normalized spacial score (nSPS) is 14.4. The van der Waals surface area contributed by atoms with E-state index in [9.17, 15) is 0 Å². The Kier molecular flexibility index (Phi) is 4.37. The molecule has 0 spiro atoms. The number of amidine groups is 1. The smallest absolute Gasteiger partial charge is 0.128 e. The SMILES string of the molecule is CC(C)COCCCN1Cc2ccccc2C1=N. The van der Waals surface area contributed by atoms with Gasteiger partial charge in [0, 0.05) is 31.9 Å². The minimum absolute atomic E-state index is 0.597. The van der Waals surface area contributed by atoms with Crippen molar-refractivity contribution in [1.82, 2.24) is 4.90 Å². The minimum Gasteiger partial charge on any atom is -0.381 e. The third kappa shape index (κ3) is 3.10. The minimum atomic E-state index is 0.597. The van der Waals surface area contributed by atoms with E-state index in [2.05, 4.69) is 24.8 Å². The molecule has 1 aromatic carbocycles. The molecule has 0 saturated carbocycles. The molecule has 0 fully saturated rings. The van der Waals surface area contributed by atoms with Gasteiger partial charge in [0.2, 0.25) is 0 Å². The van der Waals surface area contributed by atoms with E-state index in [1.54, 1.807) is 0 Å². The van der Waals surface area contributed by atoms with Gasteiger partial charge in [-0.25, -0.2) is 0 Å². The molecule has 1 heterocycles. The molecule has 18 heavy (non-hydrogen) atoms. The van der Waals surface area contributed by atoms with Crippen molar-refractivity contribution in [3.05, 3.63) is 35.4 Å². The standard InChI is InChI=1S/C15H22N2O/c1-12(2)11-18-9-5-8-17-10-13-6-3-4-7-14(13)15(17)16/h3-4,6-7,12,16H,5,8-11H2,1-2H3. The molecule has 1 aliphatic heterocycles. The monoisotopic (exact) mass is 246 g/mol. The fourth-order valence-electron chi connectivity index (χ4n) is 2.21. The Bertz CT molecular complexity index is 415. The molecule has 0 aliphatic carbocycles. The van der Waals surface area contributed by atoms with Crippen molar-refractivity contribution >= 4 is 5.84 Å². The van der Waals surface area contributed by atoms with Crippen molar-refractivity contribution in [3.63, 3.8) is 0 Å². The number of nitrogens with one attached hydrogen (secondary N) is 1. The summed E-state index contributed by atoms with van der Waals surface area (Å²) in [4.78, 5) is 2.13. The van der Waals surface area contributed by atoms with E-state index >= 15 is 0 Å². The lowest BCUT2D eigenvalue weighted by atomic mass is 10.1. The second kappa shape index (κ2) is 6.01. The molecule has 1 N–H and O–H groups in total. The number of hydrogen-bond acceptors (Lipinski definition) is 2. The van der Waals surface area contributed by atoms with Crippen LogP contribution in [-0.2, 0) is 11.3 Å². The first-order valence-electron chi connectivity index (χ1n) is 6.68. The Morgan fingerprint density at radius 2 is 2.11 bits per heavy atom. The predicted octanol–water partition coefficient (Wildman–Crippen LogP) is 2.89. The molecule has 3 heteroatoms. The van der Waals surface area contributed by atoms with Crippen molar-refractivity contribution in [2.45, 2.75) is 26.8 Å². The van der Waals surface area contributed by atoms with E-state index in [4.69, 9.17) is 10.1 Å². The summed E-state index contributed by atoms with van der Waals surface area (Å²) in [6, 6.07) is 8.19. The lowest BCUT2D eigenvalue weighted by Gasteiger charge is -2.17. The van der Waals surface area contributed by atoms with Crippen molar-refractivity contribution in [1.29, 1.82) is 5.41 Å². The first-order valence-corrected chi connectivity index (χ1v) is 6.68. The van der Waals surface area contributed by atoms with Gasteiger partial charge in [-0.05, 0) is 17.9 Å². The van der Waals surface area contributed by atoms with Gasteiger partial charge < -0.3 is 9.64 Å². The molecule has 0 amide bonds. The Balaban J connectivity index is 1.75. The molecule has 0 atom stereocenters. The van der Waals surface area contributed by atoms with Crippen LogP contribution in [0, 0.1) is 11.3 Å². The molecule has 0 unspecified atom stereocenters. The number of benzene rings is 1. The van der Waals surface area contributed by atoms with Crippen LogP contribution in [-0.4, -0.2) is 30.5 Å². The highest BCUT2D eigenvalue weighted by Crippen LogP contribution is 2.22. The molecular formula is C15H22N2O. The second-order valence-electron chi connectivity index (χ2n) is 5.25. The molecule has 0 aromatic heterocycles. The molecule has 2 rings (SSSR count). The van der Waals surface area contributed by atoms with Crippen LogP contribution in [0.15, 0.2) is 24.3 Å². The van der Waals surface area contributed by atoms with Gasteiger partial charge in [-0.3, -0.25) is 5.41 Å². The van der Waals surface area contributed by atoms with Gasteiger partial charge in [0.15, 0.2) is 0 Å². The molecule has 0 radical (unpaired) electrons. The van der Waals surface area contributed by atoms with Crippen molar-refractivity contribution in [2.24, 2.45) is 5.92 Å². The third-order valence-electron chi connectivity index (χ3n) is 3.12. The van der Waals surface area contributed by atoms with Gasteiger partial charge in [0.1, 0.15) is 5.84 Å². The van der Waals surface area contributed by atoms with Crippen LogP contribution in [0.25, 0.3) is 0 Å². The molecule has 0 saturated heterocycles. The maximum atomic E-state index is 8.12. The average Bonchev–Trinajstić information content (AvgIpc) is 2.66. The number of ether oxygens (including phenoxy) is 1. The zero-order valence-electron chi connectivity index (χ0n) is 11.3. The Labute approximate surface area is 109 Å². The summed E-state index contributed by atoms with van der Waals surface area (Å²) in [6.07, 6.45) is 0.989. The van der Waals surface area contributed by atoms with E-state index in [-0.39, 0.29) is 0 Å². The van der Waals surface area contributed by atoms with Crippen LogP contribution in [0.4, 0.5) is 0 Å². The largest absolute Gasteiger partial charge is 0.381 e. The number of rotatable bonds is 6. The van der Waals surface area contributed by atoms with E-state index in [0.717, 1.165) is 38.3 Å². The van der Waals surface area contributed by atoms with Crippen LogP contribution < -0.4 is 0 Å². The summed E-state index contributed by atoms with van der Waals surface area (Å²) in [5.74, 6) is 1.26. The number of hydrogen-bond donors (Lipinski definition) is 1. The van der Waals surface area contributed by atoms with Crippen molar-refractivity contribution in [3.8, 4) is 0 Å². The summed E-state index contributed by atoms with van der Waals surface area (Å²) in [5.41, 5.74) is 2.35. The van der Waals surface area contributed by atoms with Crippen LogP contribution in [0.1, 0.15) is 31.4 Å². The molecule has 0 bridgehead atoms. The molecule has 1 aromatic rings. The molecule has 3 nitrogen and oxygen atoms in total. The Morgan fingerprint density at radius 1 is 1.33 bits per heavy atom. The van der Waals surface area contributed by atoms with E-state index in [1.807, 2.05) is 18.2 Å². The molecular weight excluding hydrogens is 224 g/mol. The van der Waals surface area contributed by atoms with Gasteiger partial charge in [-0.15, -0.1) is 0 Å². The highest BCUT2D eigenvalue weighted by atomic mass is 16.5. The predicted molar refractivity (Wildman–Crippen MR) is 74.0 cm³/mol. The topological polar surface area (TPSA) is 36.3 Å². The quantitative estimate of drug-likeness (QED) is 0.783. The van der Waals surface area contributed by atoms with Gasteiger partial charge in [-0.2, -0.15) is 0 Å². The van der Waals surface area contributed by atoms with Gasteiger partial charge in [0.25, 0.3) is 0 Å². The Morgan fingerprint density at radius 3 is 2.83 bits per heavy atom. The zero-order valence-corrected chi connectivity index (χ0v) is 11.3. The number of fused-ring (bicyclic) bond motifs is 1. The third-order valence-corrected chi connectivity index (χ3v) is 3.12. The first kappa shape index (κ1) is 13.1. The van der Waals surface area contributed by atoms with E-state index in [1.165, 1.54) is 5.56 Å². The molecule has 1 aliphatic rings. The first-order chi connectivity index (χ1) is 8.68. The summed E-state index contributed by atoms with van der Waals surface area (Å²) in [5, 5.41) is 8.12. The van der Waals surface area contributed by atoms with Gasteiger partial charge in [0.05, 0.1) is 0 Å².